The number of aryl methyl sites for hydroxylation is 2. The van der Waals surface area contributed by atoms with Crippen molar-refractivity contribution < 1.29 is 12.9 Å². The number of nitrogens with one attached hydrogen (secondary N) is 2. The Bertz CT molecular complexity index is 703. The Hall–Kier alpha value is -1.86. The van der Waals surface area contributed by atoms with Crippen LogP contribution < -0.4 is 10.0 Å². The van der Waals surface area contributed by atoms with E-state index in [2.05, 4.69) is 15.2 Å². The van der Waals surface area contributed by atoms with Crippen molar-refractivity contribution in [3.8, 4) is 0 Å². The molecular formula is C14H19N3O3S. The Kier molecular flexibility index (Phi) is 4.64. The van der Waals surface area contributed by atoms with Gasteiger partial charge in [-0.1, -0.05) is 30.3 Å². The minimum absolute atomic E-state index is 0.0979. The number of para-hydroxylation sites is 1. The third-order valence-electron chi connectivity index (χ3n) is 3.06. The molecule has 1 aromatic carbocycles. The summed E-state index contributed by atoms with van der Waals surface area (Å²) < 4.78 is 32.5. The van der Waals surface area contributed by atoms with Crippen molar-refractivity contribution in [1.82, 2.24) is 10.5 Å². The molecule has 7 heteroatoms. The van der Waals surface area contributed by atoms with Crippen molar-refractivity contribution in [2.75, 3.05) is 11.3 Å². The maximum atomic E-state index is 12.5. The number of hydrogen-bond acceptors (Lipinski definition) is 5. The summed E-state index contributed by atoms with van der Waals surface area (Å²) in [6.07, 6.45) is 0. The van der Waals surface area contributed by atoms with Crippen LogP contribution in [-0.2, 0) is 16.6 Å². The van der Waals surface area contributed by atoms with Gasteiger partial charge in [-0.25, -0.2) is 8.42 Å². The van der Waals surface area contributed by atoms with Crippen LogP contribution in [-0.4, -0.2) is 20.1 Å². The lowest BCUT2D eigenvalue weighted by Crippen LogP contribution is -2.18. The van der Waals surface area contributed by atoms with Gasteiger partial charge in [0.15, 0.2) is 10.7 Å². The summed E-state index contributed by atoms with van der Waals surface area (Å²) in [7, 11) is -3.71. The molecule has 0 amide bonds. The standard InChI is InChI=1S/C14H19N3O3S/c1-4-15-9-12-7-5-6-8-13(12)17-21(18,19)14-10(2)16-20-11(14)3/h5-8,15,17H,4,9H2,1-3H3. The molecule has 0 spiro atoms. The molecule has 0 saturated heterocycles. The van der Waals surface area contributed by atoms with E-state index in [9.17, 15) is 8.42 Å². The van der Waals surface area contributed by atoms with Gasteiger partial charge in [0.05, 0.1) is 5.69 Å². The number of nitrogens with zero attached hydrogens (tertiary/aromatic N) is 1. The smallest absolute Gasteiger partial charge is 0.267 e. The van der Waals surface area contributed by atoms with E-state index in [1.807, 2.05) is 19.1 Å². The Morgan fingerprint density at radius 1 is 1.24 bits per heavy atom. The van der Waals surface area contributed by atoms with Crippen LogP contribution in [0.15, 0.2) is 33.7 Å². The molecule has 2 N–H and O–H groups in total. The summed E-state index contributed by atoms with van der Waals surface area (Å²) in [5.74, 6) is 0.282. The van der Waals surface area contributed by atoms with Crippen molar-refractivity contribution in [1.29, 1.82) is 0 Å². The van der Waals surface area contributed by atoms with Crippen LogP contribution in [0.2, 0.25) is 0 Å². The van der Waals surface area contributed by atoms with Gasteiger partial charge in [-0.15, -0.1) is 0 Å². The first-order valence-corrected chi connectivity index (χ1v) is 8.18. The van der Waals surface area contributed by atoms with Crippen molar-refractivity contribution in [3.63, 3.8) is 0 Å². The first kappa shape index (κ1) is 15.5. The number of hydrogen-bond donors (Lipinski definition) is 2. The molecule has 0 fully saturated rings. The lowest BCUT2D eigenvalue weighted by atomic mass is 10.2. The van der Waals surface area contributed by atoms with Crippen molar-refractivity contribution in [2.24, 2.45) is 0 Å². The summed E-state index contributed by atoms with van der Waals surface area (Å²) in [4.78, 5) is 0.0979. The quantitative estimate of drug-likeness (QED) is 0.854. The summed E-state index contributed by atoms with van der Waals surface area (Å²) in [6.45, 7) is 6.59. The van der Waals surface area contributed by atoms with E-state index >= 15 is 0 Å². The maximum absolute atomic E-state index is 12.5. The zero-order valence-corrected chi connectivity index (χ0v) is 13.1. The van der Waals surface area contributed by atoms with Gasteiger partial charge >= 0.3 is 0 Å². The van der Waals surface area contributed by atoms with E-state index in [0.717, 1.165) is 12.1 Å². The van der Waals surface area contributed by atoms with Crippen LogP contribution in [0.25, 0.3) is 0 Å². The van der Waals surface area contributed by atoms with Gasteiger partial charge in [-0.2, -0.15) is 0 Å². The zero-order chi connectivity index (χ0) is 15.5. The lowest BCUT2D eigenvalue weighted by molar-refractivity contribution is 0.390. The Morgan fingerprint density at radius 2 is 1.95 bits per heavy atom. The van der Waals surface area contributed by atoms with Crippen LogP contribution in [0.1, 0.15) is 23.9 Å². The Morgan fingerprint density at radius 3 is 2.57 bits per heavy atom. The lowest BCUT2D eigenvalue weighted by Gasteiger charge is -2.12. The molecule has 6 nitrogen and oxygen atoms in total. The molecule has 0 bridgehead atoms. The predicted octanol–water partition coefficient (Wildman–Crippen LogP) is 2.20. The van der Waals surface area contributed by atoms with E-state index in [-0.39, 0.29) is 10.7 Å². The average molecular weight is 309 g/mol. The minimum Gasteiger partial charge on any atom is -0.360 e. The molecule has 0 atom stereocenters. The topological polar surface area (TPSA) is 84.2 Å². The largest absolute Gasteiger partial charge is 0.360 e. The van der Waals surface area contributed by atoms with Crippen LogP contribution in [0.5, 0.6) is 0 Å². The minimum atomic E-state index is -3.71. The number of benzene rings is 1. The molecule has 0 aliphatic heterocycles. The van der Waals surface area contributed by atoms with E-state index in [4.69, 9.17) is 4.52 Å². The molecular weight excluding hydrogens is 290 g/mol. The van der Waals surface area contributed by atoms with E-state index in [1.54, 1.807) is 26.0 Å². The molecule has 114 valence electrons. The average Bonchev–Trinajstić information content (AvgIpc) is 2.77. The van der Waals surface area contributed by atoms with Crippen LogP contribution in [0.4, 0.5) is 5.69 Å². The van der Waals surface area contributed by atoms with Gasteiger partial charge in [0.25, 0.3) is 10.0 Å². The van der Waals surface area contributed by atoms with Crippen LogP contribution in [0, 0.1) is 13.8 Å². The van der Waals surface area contributed by atoms with Gasteiger partial charge in [-0.05, 0) is 32.0 Å². The molecule has 2 rings (SSSR count). The third kappa shape index (κ3) is 3.43. The number of sulfonamides is 1. The molecule has 1 heterocycles. The van der Waals surface area contributed by atoms with Gasteiger partial charge in [0.2, 0.25) is 0 Å². The SMILES string of the molecule is CCNCc1ccccc1NS(=O)(=O)c1c(C)noc1C. The summed E-state index contributed by atoms with van der Waals surface area (Å²) >= 11 is 0. The third-order valence-corrected chi connectivity index (χ3v) is 4.67. The van der Waals surface area contributed by atoms with Gasteiger partial charge in [0, 0.05) is 6.54 Å². The van der Waals surface area contributed by atoms with Crippen molar-refractivity contribution in [2.45, 2.75) is 32.2 Å². The first-order chi connectivity index (χ1) is 9.95. The second kappa shape index (κ2) is 6.28. The van der Waals surface area contributed by atoms with Crippen molar-refractivity contribution in [3.05, 3.63) is 41.3 Å². The molecule has 0 radical (unpaired) electrons. The highest BCUT2D eigenvalue weighted by Crippen LogP contribution is 2.24. The van der Waals surface area contributed by atoms with Gasteiger partial charge in [0.1, 0.15) is 5.69 Å². The normalized spacial score (nSPS) is 11.6. The fourth-order valence-electron chi connectivity index (χ4n) is 2.09. The monoisotopic (exact) mass is 309 g/mol. The fraction of sp³-hybridized carbons (Fsp3) is 0.357. The molecule has 0 aliphatic carbocycles. The highest BCUT2D eigenvalue weighted by Gasteiger charge is 2.24. The number of anilines is 1. The highest BCUT2D eigenvalue weighted by atomic mass is 32.2. The second-order valence-corrected chi connectivity index (χ2v) is 6.32. The summed E-state index contributed by atoms with van der Waals surface area (Å²) in [5.41, 5.74) is 1.79. The Labute approximate surface area is 124 Å². The molecule has 0 aliphatic rings. The number of aromatic nitrogens is 1. The van der Waals surface area contributed by atoms with Gasteiger partial charge < -0.3 is 9.84 Å². The van der Waals surface area contributed by atoms with E-state index < -0.39 is 10.0 Å². The molecule has 0 unspecified atom stereocenters. The first-order valence-electron chi connectivity index (χ1n) is 6.70. The fourth-order valence-corrected chi connectivity index (χ4v) is 3.52. The molecule has 2 aromatic rings. The molecule has 1 aromatic heterocycles. The molecule has 0 saturated carbocycles. The van der Waals surface area contributed by atoms with Crippen LogP contribution in [0.3, 0.4) is 0 Å². The van der Waals surface area contributed by atoms with Gasteiger partial charge in [-0.3, -0.25) is 4.72 Å². The zero-order valence-electron chi connectivity index (χ0n) is 12.3. The van der Waals surface area contributed by atoms with E-state index in [0.29, 0.717) is 17.9 Å². The predicted molar refractivity (Wildman–Crippen MR) is 80.6 cm³/mol. The summed E-state index contributed by atoms with van der Waals surface area (Å²) in [6, 6.07) is 7.29. The Balaban J connectivity index is 2.33. The highest BCUT2D eigenvalue weighted by molar-refractivity contribution is 7.92. The second-order valence-electron chi connectivity index (χ2n) is 4.70. The van der Waals surface area contributed by atoms with Crippen molar-refractivity contribution >= 4 is 15.7 Å². The maximum Gasteiger partial charge on any atom is 0.267 e. The van der Waals surface area contributed by atoms with E-state index in [1.165, 1.54) is 0 Å². The summed E-state index contributed by atoms with van der Waals surface area (Å²) in [5, 5.41) is 6.87. The van der Waals surface area contributed by atoms with Crippen LogP contribution >= 0.6 is 0 Å². The number of rotatable bonds is 6. The molecule has 21 heavy (non-hydrogen) atoms.